The minimum absolute atomic E-state index is 0.0388. The van der Waals surface area contributed by atoms with Gasteiger partial charge in [0.25, 0.3) is 15.9 Å². The van der Waals surface area contributed by atoms with E-state index in [1.165, 1.54) is 12.1 Å². The van der Waals surface area contributed by atoms with E-state index in [9.17, 15) is 13.2 Å². The number of nitrogens with one attached hydrogen (secondary N) is 2. The van der Waals surface area contributed by atoms with Crippen LogP contribution < -0.4 is 10.0 Å². The van der Waals surface area contributed by atoms with E-state index in [4.69, 9.17) is 4.42 Å². The second-order valence-electron chi connectivity index (χ2n) is 9.08. The average molecular weight is 457 g/mol. The molecule has 3 aromatic rings. The number of amides is 1. The lowest BCUT2D eigenvalue weighted by atomic mass is 9.93. The van der Waals surface area contributed by atoms with Gasteiger partial charge < -0.3 is 9.73 Å². The summed E-state index contributed by atoms with van der Waals surface area (Å²) in [5, 5.41) is 7.25. The van der Waals surface area contributed by atoms with E-state index < -0.39 is 21.5 Å². The van der Waals surface area contributed by atoms with Crippen molar-refractivity contribution >= 4 is 15.9 Å². The van der Waals surface area contributed by atoms with Crippen LogP contribution in [0.3, 0.4) is 0 Å². The molecule has 1 aliphatic carbocycles. The summed E-state index contributed by atoms with van der Waals surface area (Å²) in [6.07, 6.45) is 4.42. The summed E-state index contributed by atoms with van der Waals surface area (Å²) in [4.78, 5) is 12.8. The molecule has 4 rings (SSSR count). The van der Waals surface area contributed by atoms with Crippen LogP contribution in [0.15, 0.2) is 58.2 Å². The monoisotopic (exact) mass is 456 g/mol. The second-order valence-corrected chi connectivity index (χ2v) is 10.7. The molecular formula is C23H28N4O4S. The van der Waals surface area contributed by atoms with E-state index in [-0.39, 0.29) is 16.9 Å². The second kappa shape index (κ2) is 8.55. The lowest BCUT2D eigenvalue weighted by molar-refractivity contribution is 0.0899. The zero-order chi connectivity index (χ0) is 22.9. The Labute approximate surface area is 188 Å². The predicted octanol–water partition coefficient (Wildman–Crippen LogP) is 3.41. The Morgan fingerprint density at radius 3 is 2.66 bits per heavy atom. The Balaban J connectivity index is 1.48. The highest BCUT2D eigenvalue weighted by Gasteiger charge is 2.29. The fourth-order valence-corrected chi connectivity index (χ4v) is 5.28. The highest BCUT2D eigenvalue weighted by Crippen LogP contribution is 2.30. The van der Waals surface area contributed by atoms with Crippen molar-refractivity contribution in [1.29, 1.82) is 0 Å². The van der Waals surface area contributed by atoms with Crippen molar-refractivity contribution in [2.75, 3.05) is 0 Å². The van der Waals surface area contributed by atoms with Gasteiger partial charge in [0, 0.05) is 16.8 Å². The van der Waals surface area contributed by atoms with Gasteiger partial charge in [-0.05, 0) is 57.7 Å². The molecule has 1 amide bonds. The maximum Gasteiger partial charge on any atom is 0.287 e. The Morgan fingerprint density at radius 2 is 1.94 bits per heavy atom. The Kier molecular flexibility index (Phi) is 5.96. The van der Waals surface area contributed by atoms with Crippen molar-refractivity contribution in [3.63, 3.8) is 0 Å². The van der Waals surface area contributed by atoms with Crippen molar-refractivity contribution in [1.82, 2.24) is 19.8 Å². The molecule has 0 saturated carbocycles. The molecule has 1 unspecified atom stereocenters. The van der Waals surface area contributed by atoms with E-state index in [0.29, 0.717) is 6.54 Å². The van der Waals surface area contributed by atoms with Crippen LogP contribution in [0.2, 0.25) is 0 Å². The Morgan fingerprint density at radius 1 is 1.19 bits per heavy atom. The van der Waals surface area contributed by atoms with Gasteiger partial charge in [-0.3, -0.25) is 9.48 Å². The normalized spacial score (nSPS) is 16.5. The molecule has 0 fully saturated rings. The number of hydrogen-bond acceptors (Lipinski definition) is 5. The van der Waals surface area contributed by atoms with Gasteiger partial charge in [-0.2, -0.15) is 5.10 Å². The number of carbonyl (C=O) groups excluding carboxylic acids is 1. The fraction of sp³-hybridized carbons (Fsp3) is 0.391. The van der Waals surface area contributed by atoms with Crippen molar-refractivity contribution in [3.8, 4) is 0 Å². The lowest BCUT2D eigenvalue weighted by Gasteiger charge is -2.24. The molecule has 0 radical (unpaired) electrons. The maximum atomic E-state index is 12.8. The van der Waals surface area contributed by atoms with Crippen LogP contribution in [0.25, 0.3) is 0 Å². The topological polar surface area (TPSA) is 106 Å². The van der Waals surface area contributed by atoms with Crippen molar-refractivity contribution < 1.29 is 17.6 Å². The first-order chi connectivity index (χ1) is 15.1. The molecule has 32 heavy (non-hydrogen) atoms. The van der Waals surface area contributed by atoms with Gasteiger partial charge in [0.1, 0.15) is 0 Å². The van der Waals surface area contributed by atoms with E-state index in [0.717, 1.165) is 36.1 Å². The van der Waals surface area contributed by atoms with Crippen LogP contribution in [0, 0.1) is 0 Å². The molecule has 1 aliphatic rings. The molecule has 9 heteroatoms. The molecule has 0 bridgehead atoms. The van der Waals surface area contributed by atoms with Crippen LogP contribution in [0.4, 0.5) is 0 Å². The van der Waals surface area contributed by atoms with Crippen molar-refractivity contribution in [2.45, 2.75) is 63.3 Å². The molecule has 1 atom stereocenters. The van der Waals surface area contributed by atoms with Gasteiger partial charge in [0.2, 0.25) is 5.09 Å². The molecule has 2 heterocycles. The number of carbonyl (C=O) groups is 1. The van der Waals surface area contributed by atoms with Gasteiger partial charge in [0.15, 0.2) is 5.76 Å². The number of sulfonamides is 1. The van der Waals surface area contributed by atoms with Crippen molar-refractivity contribution in [2.24, 2.45) is 0 Å². The van der Waals surface area contributed by atoms with E-state index in [2.05, 4.69) is 27.3 Å². The van der Waals surface area contributed by atoms with Crippen molar-refractivity contribution in [3.05, 3.63) is 71.2 Å². The summed E-state index contributed by atoms with van der Waals surface area (Å²) in [6.45, 7) is 5.89. The standard InChI is InChI=1S/C23H28N4O4S/c1-23(2,3)26-32(29,30)21-13-12-20(31-21)22(28)25-18-10-7-11-19-17(18)14-24-27(19)15-16-8-5-4-6-9-16/h4-6,8-9,12-14,18,26H,7,10-11,15H2,1-3H3,(H,25,28). The highest BCUT2D eigenvalue weighted by molar-refractivity contribution is 7.89. The van der Waals surface area contributed by atoms with Crippen LogP contribution in [-0.2, 0) is 23.0 Å². The average Bonchev–Trinajstić information content (AvgIpc) is 3.36. The summed E-state index contributed by atoms with van der Waals surface area (Å²) in [6, 6.07) is 12.6. The zero-order valence-electron chi connectivity index (χ0n) is 18.5. The number of furan rings is 1. The SMILES string of the molecule is CC(C)(C)NS(=O)(=O)c1ccc(C(=O)NC2CCCc3c2cnn3Cc2ccccc2)o1. The first kappa shape index (κ1) is 22.3. The summed E-state index contributed by atoms with van der Waals surface area (Å²) < 4.78 is 34.8. The van der Waals surface area contributed by atoms with Gasteiger partial charge in [-0.15, -0.1) is 0 Å². The predicted molar refractivity (Wildman–Crippen MR) is 120 cm³/mol. The number of rotatable bonds is 6. The molecule has 8 nitrogen and oxygen atoms in total. The van der Waals surface area contributed by atoms with E-state index >= 15 is 0 Å². The van der Waals surface area contributed by atoms with E-state index in [1.54, 1.807) is 20.8 Å². The van der Waals surface area contributed by atoms with Crippen LogP contribution >= 0.6 is 0 Å². The molecular weight excluding hydrogens is 428 g/mol. The molecule has 0 saturated heterocycles. The minimum atomic E-state index is -3.85. The fourth-order valence-electron chi connectivity index (χ4n) is 3.93. The molecule has 1 aromatic carbocycles. The number of nitrogens with zero attached hydrogens (tertiary/aromatic N) is 2. The number of fused-ring (bicyclic) bond motifs is 1. The molecule has 2 aromatic heterocycles. The number of hydrogen-bond donors (Lipinski definition) is 2. The highest BCUT2D eigenvalue weighted by atomic mass is 32.2. The summed E-state index contributed by atoms with van der Waals surface area (Å²) >= 11 is 0. The minimum Gasteiger partial charge on any atom is -0.438 e. The summed E-state index contributed by atoms with van der Waals surface area (Å²) in [7, 11) is -3.85. The largest absolute Gasteiger partial charge is 0.438 e. The molecule has 0 aliphatic heterocycles. The Hall–Kier alpha value is -2.91. The first-order valence-electron chi connectivity index (χ1n) is 10.7. The summed E-state index contributed by atoms with van der Waals surface area (Å²) in [5.41, 5.74) is 2.61. The third-order valence-electron chi connectivity index (χ3n) is 5.25. The quantitative estimate of drug-likeness (QED) is 0.591. The number of aromatic nitrogens is 2. The maximum absolute atomic E-state index is 12.8. The van der Waals surface area contributed by atoms with Gasteiger partial charge >= 0.3 is 0 Å². The smallest absolute Gasteiger partial charge is 0.287 e. The van der Waals surface area contributed by atoms with E-state index in [1.807, 2.05) is 29.1 Å². The molecule has 2 N–H and O–H groups in total. The van der Waals surface area contributed by atoms with Crippen LogP contribution in [0.1, 0.15) is 67.0 Å². The molecule has 170 valence electrons. The first-order valence-corrected chi connectivity index (χ1v) is 12.1. The van der Waals surface area contributed by atoms with Crippen LogP contribution in [0.5, 0.6) is 0 Å². The Bertz CT molecular complexity index is 1210. The third kappa shape index (κ3) is 4.94. The van der Waals surface area contributed by atoms with Crippen LogP contribution in [-0.4, -0.2) is 29.6 Å². The van der Waals surface area contributed by atoms with Gasteiger partial charge in [-0.1, -0.05) is 30.3 Å². The van der Waals surface area contributed by atoms with Gasteiger partial charge in [0.05, 0.1) is 18.8 Å². The van der Waals surface area contributed by atoms with Gasteiger partial charge in [-0.25, -0.2) is 13.1 Å². The zero-order valence-corrected chi connectivity index (χ0v) is 19.3. The number of benzene rings is 1. The summed E-state index contributed by atoms with van der Waals surface area (Å²) in [5.74, 6) is -0.487. The molecule has 0 spiro atoms. The third-order valence-corrected chi connectivity index (χ3v) is 6.88. The lowest BCUT2D eigenvalue weighted by Crippen LogP contribution is -2.40.